The number of carbonyl (C=O) groups excluding carboxylic acids is 2. The molecule has 2 aromatic heterocycles. The van der Waals surface area contributed by atoms with Gasteiger partial charge in [-0.15, -0.1) is 0 Å². The molecule has 0 aliphatic carbocycles. The summed E-state index contributed by atoms with van der Waals surface area (Å²) in [5, 5.41) is 12.8. The molecular weight excluding hydrogens is 368 g/mol. The van der Waals surface area contributed by atoms with E-state index in [1.165, 1.54) is 0 Å². The Morgan fingerprint density at radius 1 is 1.10 bits per heavy atom. The number of fused-ring (bicyclic) bond motifs is 3. The van der Waals surface area contributed by atoms with Crippen LogP contribution in [0.1, 0.15) is 17.0 Å². The summed E-state index contributed by atoms with van der Waals surface area (Å²) in [7, 11) is 1.82. The SMILES string of the molecule is Cc1nn(C)c(C)c1NC(=O)CNC(=O)Cc1coc2ccc3ccccc3c12. The molecule has 0 bridgehead atoms. The van der Waals surface area contributed by atoms with Crippen molar-refractivity contribution < 1.29 is 14.0 Å². The predicted molar refractivity (Wildman–Crippen MR) is 112 cm³/mol. The minimum Gasteiger partial charge on any atom is -0.464 e. The molecule has 0 fully saturated rings. The molecule has 0 aliphatic rings. The number of hydrogen-bond acceptors (Lipinski definition) is 4. The number of carbonyl (C=O) groups is 2. The first-order valence-corrected chi connectivity index (χ1v) is 9.38. The van der Waals surface area contributed by atoms with Gasteiger partial charge in [-0.1, -0.05) is 30.3 Å². The van der Waals surface area contributed by atoms with Gasteiger partial charge in [-0.05, 0) is 30.7 Å². The molecule has 2 N–H and O–H groups in total. The maximum atomic E-state index is 12.4. The highest BCUT2D eigenvalue weighted by molar-refractivity contribution is 6.08. The van der Waals surface area contributed by atoms with Crippen molar-refractivity contribution >= 4 is 39.2 Å². The second kappa shape index (κ2) is 7.43. The van der Waals surface area contributed by atoms with Gasteiger partial charge in [0.25, 0.3) is 0 Å². The average Bonchev–Trinajstić information content (AvgIpc) is 3.22. The highest BCUT2D eigenvalue weighted by Crippen LogP contribution is 2.30. The quantitative estimate of drug-likeness (QED) is 0.548. The maximum Gasteiger partial charge on any atom is 0.243 e. The molecule has 0 radical (unpaired) electrons. The lowest BCUT2D eigenvalue weighted by atomic mass is 10.0. The van der Waals surface area contributed by atoms with Crippen molar-refractivity contribution in [3.05, 3.63) is 59.6 Å². The first-order chi connectivity index (χ1) is 13.9. The van der Waals surface area contributed by atoms with Gasteiger partial charge < -0.3 is 15.1 Å². The number of rotatable bonds is 5. The lowest BCUT2D eigenvalue weighted by Gasteiger charge is -2.07. The Balaban J connectivity index is 1.44. The Morgan fingerprint density at radius 3 is 2.66 bits per heavy atom. The van der Waals surface area contributed by atoms with E-state index in [9.17, 15) is 9.59 Å². The van der Waals surface area contributed by atoms with Crippen LogP contribution in [-0.4, -0.2) is 28.1 Å². The Hall–Kier alpha value is -3.61. The largest absolute Gasteiger partial charge is 0.464 e. The fraction of sp³-hybridized carbons (Fsp3) is 0.227. The summed E-state index contributed by atoms with van der Waals surface area (Å²) in [5.74, 6) is -0.532. The number of hydrogen-bond donors (Lipinski definition) is 2. The molecule has 7 nitrogen and oxygen atoms in total. The molecule has 2 heterocycles. The van der Waals surface area contributed by atoms with Crippen molar-refractivity contribution in [2.45, 2.75) is 20.3 Å². The standard InChI is InChI=1S/C22H22N4O3/c1-13-22(14(2)26(3)25-13)24-20(28)11-23-19(27)10-16-12-29-18-9-8-15-6-4-5-7-17(15)21(16)18/h4-9,12H,10-11H2,1-3H3,(H,23,27)(H,24,28). The summed E-state index contributed by atoms with van der Waals surface area (Å²) < 4.78 is 7.33. The van der Waals surface area contributed by atoms with E-state index in [-0.39, 0.29) is 24.8 Å². The van der Waals surface area contributed by atoms with Crippen molar-refractivity contribution in [1.82, 2.24) is 15.1 Å². The maximum absolute atomic E-state index is 12.4. The number of amides is 2. The topological polar surface area (TPSA) is 89.2 Å². The summed E-state index contributed by atoms with van der Waals surface area (Å²) >= 11 is 0. The van der Waals surface area contributed by atoms with Crippen LogP contribution in [0.15, 0.2) is 47.1 Å². The molecule has 29 heavy (non-hydrogen) atoms. The van der Waals surface area contributed by atoms with E-state index in [0.717, 1.165) is 38.7 Å². The van der Waals surface area contributed by atoms with Crippen LogP contribution in [0, 0.1) is 13.8 Å². The minimum atomic E-state index is -0.292. The first-order valence-electron chi connectivity index (χ1n) is 9.38. The van der Waals surface area contributed by atoms with Gasteiger partial charge in [-0.3, -0.25) is 14.3 Å². The molecule has 4 aromatic rings. The summed E-state index contributed by atoms with van der Waals surface area (Å²) in [5.41, 5.74) is 3.82. The Morgan fingerprint density at radius 2 is 1.90 bits per heavy atom. The molecule has 0 aliphatic heterocycles. The van der Waals surface area contributed by atoms with Crippen LogP contribution in [-0.2, 0) is 23.1 Å². The van der Waals surface area contributed by atoms with Gasteiger partial charge in [0.15, 0.2) is 0 Å². The van der Waals surface area contributed by atoms with Crippen LogP contribution in [0.3, 0.4) is 0 Å². The van der Waals surface area contributed by atoms with Gasteiger partial charge in [0.05, 0.1) is 36.3 Å². The number of anilines is 1. The van der Waals surface area contributed by atoms with E-state index >= 15 is 0 Å². The molecule has 0 saturated heterocycles. The number of nitrogens with zero attached hydrogens (tertiary/aromatic N) is 2. The fourth-order valence-electron chi connectivity index (χ4n) is 3.56. The number of aryl methyl sites for hydroxylation is 2. The van der Waals surface area contributed by atoms with Crippen LogP contribution in [0.2, 0.25) is 0 Å². The molecule has 0 unspecified atom stereocenters. The van der Waals surface area contributed by atoms with E-state index < -0.39 is 0 Å². The smallest absolute Gasteiger partial charge is 0.243 e. The summed E-state index contributed by atoms with van der Waals surface area (Å²) in [6.07, 6.45) is 1.75. The Bertz CT molecular complexity index is 1240. The van der Waals surface area contributed by atoms with Crippen LogP contribution >= 0.6 is 0 Å². The molecule has 7 heteroatoms. The van der Waals surface area contributed by atoms with Crippen molar-refractivity contribution in [3.8, 4) is 0 Å². The second-order valence-electron chi connectivity index (χ2n) is 7.09. The van der Waals surface area contributed by atoms with Crippen LogP contribution in [0.4, 0.5) is 5.69 Å². The third-order valence-electron chi connectivity index (χ3n) is 5.11. The predicted octanol–water partition coefficient (Wildman–Crippen LogP) is 3.23. The zero-order valence-corrected chi connectivity index (χ0v) is 16.6. The third-order valence-corrected chi connectivity index (χ3v) is 5.11. The molecule has 148 valence electrons. The van der Waals surface area contributed by atoms with E-state index in [1.807, 2.05) is 57.3 Å². The molecule has 0 atom stereocenters. The molecular formula is C22H22N4O3. The summed E-state index contributed by atoms with van der Waals surface area (Å²) in [6, 6.07) is 11.9. The van der Waals surface area contributed by atoms with Gasteiger partial charge in [0.2, 0.25) is 11.8 Å². The van der Waals surface area contributed by atoms with E-state index in [4.69, 9.17) is 4.42 Å². The normalized spacial score (nSPS) is 11.1. The van der Waals surface area contributed by atoms with E-state index in [2.05, 4.69) is 15.7 Å². The molecule has 0 saturated carbocycles. The lowest BCUT2D eigenvalue weighted by molar-refractivity contribution is -0.123. The van der Waals surface area contributed by atoms with Gasteiger partial charge in [-0.2, -0.15) is 5.10 Å². The first kappa shape index (κ1) is 18.7. The van der Waals surface area contributed by atoms with Gasteiger partial charge in [0.1, 0.15) is 5.58 Å². The minimum absolute atomic E-state index is 0.108. The fourth-order valence-corrected chi connectivity index (χ4v) is 3.56. The highest BCUT2D eigenvalue weighted by atomic mass is 16.3. The number of aromatic nitrogens is 2. The Kier molecular flexibility index (Phi) is 4.80. The Labute approximate surface area is 167 Å². The lowest BCUT2D eigenvalue weighted by Crippen LogP contribution is -2.33. The van der Waals surface area contributed by atoms with Crippen molar-refractivity contribution in [2.75, 3.05) is 11.9 Å². The summed E-state index contributed by atoms with van der Waals surface area (Å²) in [6.45, 7) is 3.60. The molecule has 0 spiro atoms. The van der Waals surface area contributed by atoms with E-state index in [1.54, 1.807) is 10.9 Å². The van der Waals surface area contributed by atoms with Gasteiger partial charge in [0, 0.05) is 18.0 Å². The van der Waals surface area contributed by atoms with Crippen molar-refractivity contribution in [3.63, 3.8) is 0 Å². The van der Waals surface area contributed by atoms with Gasteiger partial charge in [-0.25, -0.2) is 0 Å². The number of nitrogens with one attached hydrogen (secondary N) is 2. The zero-order chi connectivity index (χ0) is 20.5. The monoisotopic (exact) mass is 390 g/mol. The third kappa shape index (κ3) is 3.59. The van der Waals surface area contributed by atoms with Crippen molar-refractivity contribution in [2.24, 2.45) is 7.05 Å². The number of furan rings is 1. The summed E-state index contributed by atoms with van der Waals surface area (Å²) in [4.78, 5) is 24.7. The van der Waals surface area contributed by atoms with Gasteiger partial charge >= 0.3 is 0 Å². The van der Waals surface area contributed by atoms with Crippen LogP contribution in [0.5, 0.6) is 0 Å². The van der Waals surface area contributed by atoms with E-state index in [0.29, 0.717) is 5.69 Å². The van der Waals surface area contributed by atoms with Crippen LogP contribution < -0.4 is 10.6 Å². The highest BCUT2D eigenvalue weighted by Gasteiger charge is 2.15. The molecule has 2 amide bonds. The average molecular weight is 390 g/mol. The molecule has 2 aromatic carbocycles. The molecule has 4 rings (SSSR count). The number of benzene rings is 2. The van der Waals surface area contributed by atoms with Crippen molar-refractivity contribution in [1.29, 1.82) is 0 Å². The second-order valence-corrected chi connectivity index (χ2v) is 7.09. The van der Waals surface area contributed by atoms with Crippen LogP contribution in [0.25, 0.3) is 21.7 Å². The zero-order valence-electron chi connectivity index (χ0n) is 16.6.